The first-order valence-corrected chi connectivity index (χ1v) is 8.01. The molecule has 1 aromatic carbocycles. The second kappa shape index (κ2) is 4.24. The van der Waals surface area contributed by atoms with Crippen molar-refractivity contribution in [2.75, 3.05) is 18.1 Å². The summed E-state index contributed by atoms with van der Waals surface area (Å²) in [4.78, 5) is 27.0. The van der Waals surface area contributed by atoms with Gasteiger partial charge in [0, 0.05) is 6.07 Å². The van der Waals surface area contributed by atoms with E-state index >= 15 is 0 Å². The summed E-state index contributed by atoms with van der Waals surface area (Å²) in [6, 6.07) is 5.33. The first kappa shape index (κ1) is 12.5. The smallest absolute Gasteiger partial charge is 0.237 e. The standard InChI is InChI=1S/C17H17NO4/c19-16-14-9-1-2-10(7-9)15(14)17(20)18(16)11-3-4-12-13(8-11)22-6-5-21-12/h3-4,8-10,14-15H,1-2,5-7H2/t9-,10-,14-,15-/m0/s1. The number of fused-ring (bicyclic) bond motifs is 6. The van der Waals surface area contributed by atoms with E-state index in [0.29, 0.717) is 42.2 Å². The van der Waals surface area contributed by atoms with Gasteiger partial charge in [-0.3, -0.25) is 9.59 Å². The van der Waals surface area contributed by atoms with Crippen molar-refractivity contribution in [2.45, 2.75) is 19.3 Å². The lowest BCUT2D eigenvalue weighted by Crippen LogP contribution is -2.32. The molecule has 4 atom stereocenters. The third-order valence-electron chi connectivity index (χ3n) is 5.71. The summed E-state index contributed by atoms with van der Waals surface area (Å²) in [5.41, 5.74) is 0.619. The van der Waals surface area contributed by atoms with Crippen LogP contribution >= 0.6 is 0 Å². The molecular formula is C17H17NO4. The van der Waals surface area contributed by atoms with Gasteiger partial charge in [-0.25, -0.2) is 4.90 Å². The minimum Gasteiger partial charge on any atom is -0.486 e. The monoisotopic (exact) mass is 299 g/mol. The Bertz CT molecular complexity index is 657. The van der Waals surface area contributed by atoms with Gasteiger partial charge >= 0.3 is 0 Å². The summed E-state index contributed by atoms with van der Waals surface area (Å²) < 4.78 is 11.1. The maximum atomic E-state index is 12.8. The Labute approximate surface area is 128 Å². The Morgan fingerprint density at radius 1 is 0.909 bits per heavy atom. The lowest BCUT2D eigenvalue weighted by molar-refractivity contribution is -0.123. The van der Waals surface area contributed by atoms with Gasteiger partial charge in [-0.15, -0.1) is 0 Å². The molecule has 5 heteroatoms. The fraction of sp³-hybridized carbons (Fsp3) is 0.529. The molecule has 5 nitrogen and oxygen atoms in total. The molecule has 114 valence electrons. The predicted molar refractivity (Wildman–Crippen MR) is 77.7 cm³/mol. The average molecular weight is 299 g/mol. The molecule has 0 spiro atoms. The van der Waals surface area contributed by atoms with Crippen molar-refractivity contribution in [1.29, 1.82) is 0 Å². The first-order valence-electron chi connectivity index (χ1n) is 8.01. The topological polar surface area (TPSA) is 55.8 Å². The molecule has 2 heterocycles. The van der Waals surface area contributed by atoms with Crippen LogP contribution in [0.4, 0.5) is 5.69 Å². The lowest BCUT2D eigenvalue weighted by Gasteiger charge is -2.22. The molecule has 2 bridgehead atoms. The normalized spacial score (nSPS) is 35.2. The molecule has 4 aliphatic rings. The van der Waals surface area contributed by atoms with Crippen molar-refractivity contribution in [2.24, 2.45) is 23.7 Å². The lowest BCUT2D eigenvalue weighted by atomic mass is 9.81. The zero-order valence-corrected chi connectivity index (χ0v) is 12.2. The Hall–Kier alpha value is -2.04. The van der Waals surface area contributed by atoms with Crippen LogP contribution in [0.25, 0.3) is 0 Å². The van der Waals surface area contributed by atoms with Gasteiger partial charge in [0.05, 0.1) is 17.5 Å². The van der Waals surface area contributed by atoms with Gasteiger partial charge in [-0.1, -0.05) is 0 Å². The molecule has 0 N–H and O–H groups in total. The summed E-state index contributed by atoms with van der Waals surface area (Å²) in [6.07, 6.45) is 3.25. The number of carbonyl (C=O) groups excluding carboxylic acids is 2. The number of rotatable bonds is 1. The molecule has 2 aliphatic heterocycles. The van der Waals surface area contributed by atoms with E-state index < -0.39 is 0 Å². The van der Waals surface area contributed by atoms with Gasteiger partial charge in [0.2, 0.25) is 11.8 Å². The van der Waals surface area contributed by atoms with Crippen LogP contribution in [0.3, 0.4) is 0 Å². The third-order valence-corrected chi connectivity index (χ3v) is 5.71. The minimum atomic E-state index is -0.0838. The van der Waals surface area contributed by atoms with Crippen LogP contribution < -0.4 is 14.4 Å². The second-order valence-corrected chi connectivity index (χ2v) is 6.72. The van der Waals surface area contributed by atoms with Gasteiger partial charge < -0.3 is 9.47 Å². The number of imide groups is 1. The van der Waals surface area contributed by atoms with Crippen molar-refractivity contribution in [1.82, 2.24) is 0 Å². The molecule has 2 saturated carbocycles. The number of benzene rings is 1. The fourth-order valence-corrected chi connectivity index (χ4v) is 4.83. The number of carbonyl (C=O) groups is 2. The molecule has 5 rings (SSSR count). The van der Waals surface area contributed by atoms with Crippen LogP contribution in [0.15, 0.2) is 18.2 Å². The van der Waals surface area contributed by atoms with E-state index in [9.17, 15) is 9.59 Å². The van der Waals surface area contributed by atoms with Crippen LogP contribution in [0.5, 0.6) is 11.5 Å². The molecule has 2 amide bonds. The highest BCUT2D eigenvalue weighted by Gasteiger charge is 2.61. The highest BCUT2D eigenvalue weighted by Crippen LogP contribution is 2.56. The Kier molecular flexibility index (Phi) is 2.41. The largest absolute Gasteiger partial charge is 0.486 e. The van der Waals surface area contributed by atoms with Crippen LogP contribution in [-0.4, -0.2) is 25.0 Å². The van der Waals surface area contributed by atoms with Crippen molar-refractivity contribution >= 4 is 17.5 Å². The molecule has 1 aromatic rings. The second-order valence-electron chi connectivity index (χ2n) is 6.72. The maximum Gasteiger partial charge on any atom is 0.237 e. The Morgan fingerprint density at radius 3 is 2.23 bits per heavy atom. The number of hydrogen-bond donors (Lipinski definition) is 0. The van der Waals surface area contributed by atoms with Crippen LogP contribution in [-0.2, 0) is 9.59 Å². The first-order chi connectivity index (χ1) is 10.7. The zero-order valence-electron chi connectivity index (χ0n) is 12.2. The maximum absolute atomic E-state index is 12.8. The SMILES string of the molecule is O=C1[C@H]2[C@H]3CC[C@@H](C3)[C@@H]2C(=O)N1c1ccc2c(c1)OCCO2. The van der Waals surface area contributed by atoms with E-state index in [0.717, 1.165) is 19.3 Å². The molecule has 0 aromatic heterocycles. The molecule has 3 fully saturated rings. The Balaban J connectivity index is 1.53. The van der Waals surface area contributed by atoms with Gasteiger partial charge in [0.25, 0.3) is 0 Å². The summed E-state index contributed by atoms with van der Waals surface area (Å²) in [7, 11) is 0. The zero-order chi connectivity index (χ0) is 14.8. The van der Waals surface area contributed by atoms with Crippen LogP contribution in [0, 0.1) is 23.7 Å². The third kappa shape index (κ3) is 1.49. The van der Waals surface area contributed by atoms with E-state index in [2.05, 4.69) is 0 Å². The molecule has 2 aliphatic carbocycles. The Morgan fingerprint density at radius 2 is 1.55 bits per heavy atom. The number of anilines is 1. The summed E-state index contributed by atoms with van der Waals surface area (Å²) in [5.74, 6) is 1.91. The van der Waals surface area contributed by atoms with E-state index in [-0.39, 0.29) is 23.7 Å². The van der Waals surface area contributed by atoms with Gasteiger partial charge in [-0.2, -0.15) is 0 Å². The van der Waals surface area contributed by atoms with E-state index in [1.54, 1.807) is 18.2 Å². The summed E-state index contributed by atoms with van der Waals surface area (Å²) in [6.45, 7) is 1.02. The molecule has 0 radical (unpaired) electrons. The highest BCUT2D eigenvalue weighted by atomic mass is 16.6. The fourth-order valence-electron chi connectivity index (χ4n) is 4.83. The minimum absolute atomic E-state index is 0.0149. The van der Waals surface area contributed by atoms with Crippen LogP contribution in [0.2, 0.25) is 0 Å². The number of hydrogen-bond acceptors (Lipinski definition) is 4. The van der Waals surface area contributed by atoms with E-state index in [4.69, 9.17) is 9.47 Å². The number of nitrogens with zero attached hydrogens (tertiary/aromatic N) is 1. The predicted octanol–water partition coefficient (Wildman–Crippen LogP) is 1.99. The average Bonchev–Trinajstić information content (AvgIpc) is 3.21. The summed E-state index contributed by atoms with van der Waals surface area (Å²) in [5, 5.41) is 0. The summed E-state index contributed by atoms with van der Waals surface area (Å²) >= 11 is 0. The van der Waals surface area contributed by atoms with Crippen molar-refractivity contribution in [3.05, 3.63) is 18.2 Å². The molecular weight excluding hydrogens is 282 g/mol. The van der Waals surface area contributed by atoms with E-state index in [1.165, 1.54) is 4.90 Å². The van der Waals surface area contributed by atoms with E-state index in [1.807, 2.05) is 0 Å². The van der Waals surface area contributed by atoms with Crippen LogP contribution in [0.1, 0.15) is 19.3 Å². The number of ether oxygens (including phenoxy) is 2. The van der Waals surface area contributed by atoms with Gasteiger partial charge in [0.1, 0.15) is 13.2 Å². The van der Waals surface area contributed by atoms with Gasteiger partial charge in [-0.05, 0) is 43.2 Å². The highest BCUT2D eigenvalue weighted by molar-refractivity contribution is 6.22. The quantitative estimate of drug-likeness (QED) is 0.744. The van der Waals surface area contributed by atoms with Crippen molar-refractivity contribution < 1.29 is 19.1 Å². The van der Waals surface area contributed by atoms with Gasteiger partial charge in [0.15, 0.2) is 11.5 Å². The molecule has 1 saturated heterocycles. The molecule has 0 unspecified atom stereocenters. The van der Waals surface area contributed by atoms with Crippen molar-refractivity contribution in [3.8, 4) is 11.5 Å². The van der Waals surface area contributed by atoms with Crippen molar-refractivity contribution in [3.63, 3.8) is 0 Å². The molecule has 22 heavy (non-hydrogen) atoms. The number of amides is 2.